The van der Waals surface area contributed by atoms with Crippen LogP contribution >= 0.6 is 15.9 Å². The fourth-order valence-electron chi connectivity index (χ4n) is 2.73. The molecule has 0 aromatic carbocycles. The molecule has 1 aromatic rings. The molecule has 0 amide bonds. The molecule has 0 aliphatic heterocycles. The van der Waals surface area contributed by atoms with Crippen LogP contribution in [0.15, 0.2) is 4.47 Å². The van der Waals surface area contributed by atoms with Crippen molar-refractivity contribution in [3.05, 3.63) is 15.9 Å². The smallest absolute Gasteiger partial charge is 0.0739 e. The predicted octanol–water partition coefficient (Wildman–Crippen LogP) is 3.35. The van der Waals surface area contributed by atoms with Crippen LogP contribution in [0.25, 0.3) is 0 Å². The van der Waals surface area contributed by atoms with Crippen LogP contribution in [0.5, 0.6) is 0 Å². The van der Waals surface area contributed by atoms with E-state index in [0.29, 0.717) is 0 Å². The summed E-state index contributed by atoms with van der Waals surface area (Å²) < 4.78 is 3.30. The maximum absolute atomic E-state index is 4.55. The lowest BCUT2D eigenvalue weighted by molar-refractivity contribution is 0.230. The second kappa shape index (κ2) is 5.53. The van der Waals surface area contributed by atoms with Crippen molar-refractivity contribution in [1.29, 1.82) is 0 Å². The van der Waals surface area contributed by atoms with Crippen molar-refractivity contribution in [2.24, 2.45) is 0 Å². The van der Waals surface area contributed by atoms with Gasteiger partial charge < -0.3 is 0 Å². The molecule has 4 heteroatoms. The third-order valence-corrected chi connectivity index (χ3v) is 4.83. The molecule has 0 bridgehead atoms. The van der Waals surface area contributed by atoms with Crippen molar-refractivity contribution in [1.82, 2.24) is 14.7 Å². The minimum absolute atomic E-state index is 0.766. The van der Waals surface area contributed by atoms with E-state index in [4.69, 9.17) is 0 Å². The van der Waals surface area contributed by atoms with E-state index in [1.807, 2.05) is 0 Å². The highest BCUT2D eigenvalue weighted by Gasteiger charge is 2.22. The summed E-state index contributed by atoms with van der Waals surface area (Å²) in [7, 11) is 2.24. The molecule has 0 spiro atoms. The maximum atomic E-state index is 4.55. The lowest BCUT2D eigenvalue weighted by Crippen LogP contribution is -2.29. The average molecular weight is 300 g/mol. The van der Waals surface area contributed by atoms with Crippen LogP contribution in [0.2, 0.25) is 0 Å². The van der Waals surface area contributed by atoms with Crippen molar-refractivity contribution >= 4 is 15.9 Å². The molecule has 0 radical (unpaired) electrons. The van der Waals surface area contributed by atoms with Gasteiger partial charge in [-0.1, -0.05) is 12.8 Å². The number of aromatic nitrogens is 2. The number of halogens is 1. The highest BCUT2D eigenvalue weighted by molar-refractivity contribution is 9.10. The monoisotopic (exact) mass is 299 g/mol. The van der Waals surface area contributed by atoms with Crippen molar-refractivity contribution in [3.8, 4) is 0 Å². The molecule has 1 aliphatic carbocycles. The molecule has 1 aliphatic rings. The zero-order valence-corrected chi connectivity index (χ0v) is 12.6. The van der Waals surface area contributed by atoms with Crippen molar-refractivity contribution in [2.45, 2.75) is 58.7 Å². The van der Waals surface area contributed by atoms with Gasteiger partial charge in [0.1, 0.15) is 0 Å². The second-order valence-electron chi connectivity index (χ2n) is 5.02. The quantitative estimate of drug-likeness (QED) is 0.850. The molecule has 0 unspecified atom stereocenters. The largest absolute Gasteiger partial charge is 0.298 e. The minimum atomic E-state index is 0.766. The standard InChI is InChI=1S/C13H22BrN3/c1-4-17-12(13(14)10(2)15-17)9-16(3)11-7-5-6-8-11/h11H,4-9H2,1-3H3. The lowest BCUT2D eigenvalue weighted by Gasteiger charge is -2.24. The summed E-state index contributed by atoms with van der Waals surface area (Å²) >= 11 is 3.67. The molecule has 2 rings (SSSR count). The van der Waals surface area contributed by atoms with E-state index >= 15 is 0 Å². The molecule has 1 saturated carbocycles. The van der Waals surface area contributed by atoms with E-state index < -0.39 is 0 Å². The Bertz CT molecular complexity index is 380. The SMILES string of the molecule is CCn1nc(C)c(Br)c1CN(C)C1CCCC1. The van der Waals surface area contributed by atoms with Crippen LogP contribution < -0.4 is 0 Å². The summed E-state index contributed by atoms with van der Waals surface area (Å²) in [6.07, 6.45) is 5.49. The first-order valence-electron chi connectivity index (χ1n) is 6.55. The Morgan fingerprint density at radius 3 is 2.65 bits per heavy atom. The molecule has 17 heavy (non-hydrogen) atoms. The number of hydrogen-bond donors (Lipinski definition) is 0. The highest BCUT2D eigenvalue weighted by Crippen LogP contribution is 2.27. The first kappa shape index (κ1) is 13.1. The van der Waals surface area contributed by atoms with Gasteiger partial charge in [0.15, 0.2) is 0 Å². The zero-order valence-electron chi connectivity index (χ0n) is 11.0. The summed E-state index contributed by atoms with van der Waals surface area (Å²) in [5.41, 5.74) is 2.42. The molecular formula is C13H22BrN3. The molecule has 1 heterocycles. The van der Waals surface area contributed by atoms with Gasteiger partial charge in [0.05, 0.1) is 15.9 Å². The fourth-order valence-corrected chi connectivity index (χ4v) is 3.14. The van der Waals surface area contributed by atoms with E-state index in [-0.39, 0.29) is 0 Å². The van der Waals surface area contributed by atoms with Gasteiger partial charge in [-0.15, -0.1) is 0 Å². The Morgan fingerprint density at radius 1 is 1.41 bits per heavy atom. The van der Waals surface area contributed by atoms with Crippen molar-refractivity contribution in [3.63, 3.8) is 0 Å². The molecule has 0 N–H and O–H groups in total. The minimum Gasteiger partial charge on any atom is -0.298 e. The molecule has 96 valence electrons. The van der Waals surface area contributed by atoms with Crippen LogP contribution in [0.4, 0.5) is 0 Å². The van der Waals surface area contributed by atoms with Gasteiger partial charge in [-0.25, -0.2) is 0 Å². The van der Waals surface area contributed by atoms with Crippen LogP contribution in [0, 0.1) is 6.92 Å². The van der Waals surface area contributed by atoms with E-state index in [1.54, 1.807) is 0 Å². The molecule has 1 aromatic heterocycles. The van der Waals surface area contributed by atoms with Crippen LogP contribution in [0.3, 0.4) is 0 Å². The predicted molar refractivity (Wildman–Crippen MR) is 74.1 cm³/mol. The van der Waals surface area contributed by atoms with E-state index in [0.717, 1.165) is 24.8 Å². The van der Waals surface area contributed by atoms with Crippen LogP contribution in [-0.4, -0.2) is 27.8 Å². The normalized spacial score (nSPS) is 17.2. The molecular weight excluding hydrogens is 278 g/mol. The van der Waals surface area contributed by atoms with Crippen molar-refractivity contribution in [2.75, 3.05) is 7.05 Å². The summed E-state index contributed by atoms with van der Waals surface area (Å²) in [6, 6.07) is 0.766. The number of rotatable bonds is 4. The van der Waals surface area contributed by atoms with Crippen LogP contribution in [-0.2, 0) is 13.1 Å². The lowest BCUT2D eigenvalue weighted by atomic mass is 10.2. The maximum Gasteiger partial charge on any atom is 0.0739 e. The van der Waals surface area contributed by atoms with Gasteiger partial charge >= 0.3 is 0 Å². The third-order valence-electron chi connectivity index (χ3n) is 3.80. The summed E-state index contributed by atoms with van der Waals surface area (Å²) in [6.45, 7) is 6.16. The molecule has 0 saturated heterocycles. The Balaban J connectivity index is 2.11. The fraction of sp³-hybridized carbons (Fsp3) is 0.769. The van der Waals surface area contributed by atoms with Gasteiger partial charge in [0.25, 0.3) is 0 Å². The number of nitrogens with zero attached hydrogens (tertiary/aromatic N) is 3. The molecule has 0 atom stereocenters. The molecule has 1 fully saturated rings. The van der Waals surface area contributed by atoms with Gasteiger partial charge in [-0.3, -0.25) is 9.58 Å². The summed E-state index contributed by atoms with van der Waals surface area (Å²) in [4.78, 5) is 2.49. The van der Waals surface area contributed by atoms with Crippen LogP contribution in [0.1, 0.15) is 44.0 Å². The Morgan fingerprint density at radius 2 is 2.06 bits per heavy atom. The zero-order chi connectivity index (χ0) is 12.4. The van der Waals surface area contributed by atoms with Gasteiger partial charge in [-0.2, -0.15) is 5.10 Å². The highest BCUT2D eigenvalue weighted by atomic mass is 79.9. The third kappa shape index (κ3) is 2.74. The first-order valence-corrected chi connectivity index (χ1v) is 7.34. The Hall–Kier alpha value is -0.350. The van der Waals surface area contributed by atoms with E-state index in [1.165, 1.54) is 35.8 Å². The first-order chi connectivity index (χ1) is 8.13. The number of aryl methyl sites for hydroxylation is 2. The van der Waals surface area contributed by atoms with Gasteiger partial charge in [0, 0.05) is 19.1 Å². The Labute approximate surface area is 112 Å². The van der Waals surface area contributed by atoms with E-state index in [9.17, 15) is 0 Å². The summed E-state index contributed by atoms with van der Waals surface area (Å²) in [5.74, 6) is 0. The Kier molecular flexibility index (Phi) is 4.26. The molecule has 3 nitrogen and oxygen atoms in total. The summed E-state index contributed by atoms with van der Waals surface area (Å²) in [5, 5.41) is 4.55. The van der Waals surface area contributed by atoms with Crippen molar-refractivity contribution < 1.29 is 0 Å². The van der Waals surface area contributed by atoms with Gasteiger partial charge in [0.2, 0.25) is 0 Å². The second-order valence-corrected chi connectivity index (χ2v) is 5.81. The van der Waals surface area contributed by atoms with E-state index in [2.05, 4.69) is 51.5 Å². The number of hydrogen-bond acceptors (Lipinski definition) is 2. The van der Waals surface area contributed by atoms with Gasteiger partial charge in [-0.05, 0) is 49.7 Å². The topological polar surface area (TPSA) is 21.1 Å². The average Bonchev–Trinajstić information content (AvgIpc) is 2.92.